The number of nitriles is 1. The van der Waals surface area contributed by atoms with Crippen molar-refractivity contribution >= 4 is 50.8 Å². The van der Waals surface area contributed by atoms with Gasteiger partial charge >= 0.3 is 6.03 Å². The van der Waals surface area contributed by atoms with E-state index in [4.69, 9.17) is 9.47 Å². The van der Waals surface area contributed by atoms with Gasteiger partial charge in [0.1, 0.15) is 11.0 Å². The van der Waals surface area contributed by atoms with Crippen LogP contribution in [0.5, 0.6) is 5.75 Å². The van der Waals surface area contributed by atoms with Crippen LogP contribution in [0.4, 0.5) is 16.2 Å². The molecule has 9 nitrogen and oxygen atoms in total. The summed E-state index contributed by atoms with van der Waals surface area (Å²) in [4.78, 5) is 35.5. The van der Waals surface area contributed by atoms with Gasteiger partial charge in [-0.25, -0.2) is 9.69 Å². The molecule has 2 fully saturated rings. The van der Waals surface area contributed by atoms with Crippen LogP contribution in [-0.4, -0.2) is 61.6 Å². The number of carbonyl (C=O) groups is 2. The van der Waals surface area contributed by atoms with Crippen molar-refractivity contribution in [2.75, 3.05) is 43.2 Å². The van der Waals surface area contributed by atoms with E-state index >= 15 is 0 Å². The quantitative estimate of drug-likeness (QED) is 0.565. The van der Waals surface area contributed by atoms with Crippen LogP contribution in [0.2, 0.25) is 0 Å². The van der Waals surface area contributed by atoms with Gasteiger partial charge in [0.15, 0.2) is 0 Å². The average Bonchev–Trinajstić information content (AvgIpc) is 3.37. The number of imide groups is 1. The fraction of sp³-hybridized carbons (Fsp3) is 0.259. The maximum atomic E-state index is 13.8. The fourth-order valence-corrected chi connectivity index (χ4v) is 6.22. The predicted octanol–water partition coefficient (Wildman–Crippen LogP) is 3.53. The highest BCUT2D eigenvalue weighted by Crippen LogP contribution is 2.44. The lowest BCUT2D eigenvalue weighted by Gasteiger charge is -2.33. The number of fused-ring (bicyclic) bond motifs is 2. The predicted molar refractivity (Wildman–Crippen MR) is 142 cm³/mol. The molecule has 0 bridgehead atoms. The molecule has 0 radical (unpaired) electrons. The van der Waals surface area contributed by atoms with Crippen molar-refractivity contribution in [3.8, 4) is 11.8 Å². The number of hydrogen-bond donors (Lipinski definition) is 1. The Labute approximate surface area is 217 Å². The average molecular weight is 514 g/mol. The molecule has 2 unspecified atom stereocenters. The number of benzene rings is 2. The monoisotopic (exact) mass is 513 g/mol. The molecule has 0 aliphatic carbocycles. The smallest absolute Gasteiger partial charge is 0.329 e. The number of morpholine rings is 1. The number of rotatable bonds is 4. The van der Waals surface area contributed by atoms with Crippen molar-refractivity contribution < 1.29 is 19.1 Å². The van der Waals surface area contributed by atoms with Gasteiger partial charge in [0.25, 0.3) is 5.91 Å². The number of urea groups is 1. The molecular formula is C27H23N5O4S. The molecule has 186 valence electrons. The molecule has 3 amide bonds. The zero-order valence-corrected chi connectivity index (χ0v) is 20.8. The van der Waals surface area contributed by atoms with E-state index in [0.29, 0.717) is 35.8 Å². The number of anilines is 2. The normalized spacial score (nSPS) is 21.4. The summed E-state index contributed by atoms with van der Waals surface area (Å²) in [5.74, 6) is 0.290. The number of thioether (sulfide) groups is 1. The lowest BCUT2D eigenvalue weighted by atomic mass is 10.0. The van der Waals surface area contributed by atoms with E-state index < -0.39 is 17.3 Å². The Morgan fingerprint density at radius 1 is 1.16 bits per heavy atom. The first kappa shape index (κ1) is 23.3. The molecule has 0 saturated carbocycles. The third-order valence-electron chi connectivity index (χ3n) is 6.82. The lowest BCUT2D eigenvalue weighted by molar-refractivity contribution is -0.118. The van der Waals surface area contributed by atoms with Crippen molar-refractivity contribution in [3.63, 3.8) is 0 Å². The van der Waals surface area contributed by atoms with Gasteiger partial charge < -0.3 is 19.7 Å². The van der Waals surface area contributed by atoms with E-state index in [9.17, 15) is 14.9 Å². The van der Waals surface area contributed by atoms with Crippen LogP contribution >= 0.6 is 11.8 Å². The number of amides is 3. The van der Waals surface area contributed by atoms with Crippen molar-refractivity contribution in [2.24, 2.45) is 0 Å². The van der Waals surface area contributed by atoms with E-state index in [1.807, 2.05) is 24.3 Å². The number of nitrogens with zero attached hydrogens (tertiary/aromatic N) is 4. The zero-order valence-electron chi connectivity index (χ0n) is 20.0. The van der Waals surface area contributed by atoms with Crippen LogP contribution in [0.15, 0.2) is 54.9 Å². The minimum absolute atomic E-state index is 0.322. The van der Waals surface area contributed by atoms with Gasteiger partial charge in [0.05, 0.1) is 49.9 Å². The molecule has 6 rings (SSSR count). The Morgan fingerprint density at radius 2 is 2.00 bits per heavy atom. The largest absolute Gasteiger partial charge is 0.497 e. The third kappa shape index (κ3) is 4.06. The number of aromatic nitrogens is 1. The van der Waals surface area contributed by atoms with Crippen LogP contribution < -0.4 is 19.9 Å². The number of nitrogens with one attached hydrogen (secondary N) is 1. The van der Waals surface area contributed by atoms with Gasteiger partial charge in [0.2, 0.25) is 0 Å². The molecule has 3 aromatic rings. The SMILES string of the molecule is COc1ccc(C#N)c(C2=CC3NC(=O)N(c4cncc5ccc(N6CCOCC6)cc45)C(=O)C3S2)c1. The molecule has 0 spiro atoms. The molecule has 3 aliphatic heterocycles. The molecule has 10 heteroatoms. The molecule has 4 heterocycles. The van der Waals surface area contributed by atoms with Crippen LogP contribution in [0.1, 0.15) is 11.1 Å². The first-order chi connectivity index (χ1) is 18.1. The second-order valence-electron chi connectivity index (χ2n) is 8.91. The Bertz CT molecular complexity index is 1490. The van der Waals surface area contributed by atoms with Gasteiger partial charge in [-0.05, 0) is 36.4 Å². The zero-order chi connectivity index (χ0) is 25.5. The topological polar surface area (TPSA) is 108 Å². The van der Waals surface area contributed by atoms with E-state index in [2.05, 4.69) is 21.3 Å². The van der Waals surface area contributed by atoms with E-state index in [1.54, 1.807) is 37.7 Å². The molecule has 1 aromatic heterocycles. The van der Waals surface area contributed by atoms with E-state index in [0.717, 1.165) is 34.5 Å². The van der Waals surface area contributed by atoms with Crippen LogP contribution in [0, 0.1) is 11.3 Å². The van der Waals surface area contributed by atoms with Gasteiger partial charge in [-0.1, -0.05) is 6.07 Å². The molecular weight excluding hydrogens is 490 g/mol. The highest BCUT2D eigenvalue weighted by molar-refractivity contribution is 8.09. The van der Waals surface area contributed by atoms with E-state index in [-0.39, 0.29) is 5.91 Å². The summed E-state index contributed by atoms with van der Waals surface area (Å²) < 4.78 is 10.8. The standard InChI is InChI=1S/C27H23N5O4S/c1-35-19-5-3-16(13-28)21(11-19)24-12-22-25(37-24)26(33)32(27(34)30-22)23-15-29-14-17-2-4-18(10-20(17)23)31-6-8-36-9-7-31/h2-5,10-12,14-15,22,25H,6-9H2,1H3,(H,30,34). The molecule has 2 atom stereocenters. The summed E-state index contributed by atoms with van der Waals surface area (Å²) >= 11 is 1.34. The van der Waals surface area contributed by atoms with Gasteiger partial charge in [-0.15, -0.1) is 11.8 Å². The fourth-order valence-electron chi connectivity index (χ4n) is 4.92. The molecule has 1 N–H and O–H groups in total. The summed E-state index contributed by atoms with van der Waals surface area (Å²) in [6, 6.07) is 12.4. The van der Waals surface area contributed by atoms with Gasteiger partial charge in [-0.2, -0.15) is 5.26 Å². The highest BCUT2D eigenvalue weighted by atomic mass is 32.2. The van der Waals surface area contributed by atoms with Crippen molar-refractivity contribution in [1.29, 1.82) is 5.26 Å². The second kappa shape index (κ2) is 9.42. The number of pyridine rings is 1. The van der Waals surface area contributed by atoms with Gasteiger partial charge in [-0.3, -0.25) is 9.78 Å². The Kier molecular flexibility index (Phi) is 5.94. The lowest BCUT2D eigenvalue weighted by Crippen LogP contribution is -2.60. The van der Waals surface area contributed by atoms with E-state index in [1.165, 1.54) is 16.7 Å². The van der Waals surface area contributed by atoms with Crippen molar-refractivity contribution in [2.45, 2.75) is 11.3 Å². The Balaban J connectivity index is 1.34. The van der Waals surface area contributed by atoms with Crippen molar-refractivity contribution in [1.82, 2.24) is 10.3 Å². The Morgan fingerprint density at radius 3 is 2.78 bits per heavy atom. The van der Waals surface area contributed by atoms with Crippen LogP contribution in [0.25, 0.3) is 15.7 Å². The highest BCUT2D eigenvalue weighted by Gasteiger charge is 2.46. The first-order valence-corrected chi connectivity index (χ1v) is 12.8. The molecule has 3 aliphatic rings. The number of carbonyl (C=O) groups excluding carboxylic acids is 2. The number of ether oxygens (including phenoxy) is 2. The summed E-state index contributed by atoms with van der Waals surface area (Å²) in [6.45, 7) is 2.87. The summed E-state index contributed by atoms with van der Waals surface area (Å²) in [5, 5.41) is 13.6. The second-order valence-corrected chi connectivity index (χ2v) is 10.1. The minimum Gasteiger partial charge on any atom is -0.497 e. The molecule has 37 heavy (non-hydrogen) atoms. The maximum Gasteiger partial charge on any atom is 0.329 e. The summed E-state index contributed by atoms with van der Waals surface area (Å²) in [6.07, 6.45) is 5.14. The van der Waals surface area contributed by atoms with Gasteiger partial charge in [0, 0.05) is 46.2 Å². The molecule has 2 aromatic carbocycles. The van der Waals surface area contributed by atoms with Crippen LogP contribution in [-0.2, 0) is 9.53 Å². The number of methoxy groups -OCH3 is 1. The minimum atomic E-state index is -0.567. The third-order valence-corrected chi connectivity index (χ3v) is 8.18. The first-order valence-electron chi connectivity index (χ1n) is 11.9. The molecule has 2 saturated heterocycles. The summed E-state index contributed by atoms with van der Waals surface area (Å²) in [7, 11) is 1.56. The van der Waals surface area contributed by atoms with Crippen molar-refractivity contribution in [3.05, 3.63) is 66.0 Å². The van der Waals surface area contributed by atoms with Crippen LogP contribution in [0.3, 0.4) is 0 Å². The number of hydrogen-bond acceptors (Lipinski definition) is 8. The maximum absolute atomic E-state index is 13.8. The Hall–Kier alpha value is -4.07. The summed E-state index contributed by atoms with van der Waals surface area (Å²) in [5.41, 5.74) is 2.61.